The highest BCUT2D eigenvalue weighted by Gasteiger charge is 2.36. The number of H-pyrrole nitrogens is 2. The van der Waals surface area contributed by atoms with E-state index in [1.807, 2.05) is 83.1 Å². The molecular formula is C36H38N12. The summed E-state index contributed by atoms with van der Waals surface area (Å²) in [4.78, 5) is 35.5. The van der Waals surface area contributed by atoms with Crippen LogP contribution in [-0.4, -0.2) is 39.9 Å². The Morgan fingerprint density at radius 3 is 1.00 bits per heavy atom. The number of aromatic nitrogens is 8. The van der Waals surface area contributed by atoms with E-state index in [0.29, 0.717) is 33.6 Å². The molecule has 0 amide bonds. The van der Waals surface area contributed by atoms with E-state index in [1.165, 1.54) is 0 Å². The van der Waals surface area contributed by atoms with Gasteiger partial charge in [0.2, 0.25) is 0 Å². The molecule has 12 heteroatoms. The second-order valence-electron chi connectivity index (χ2n) is 16.1. The topological polar surface area (TPSA) is 204 Å². The van der Waals surface area contributed by atoms with Crippen LogP contribution in [-0.2, 0) is 10.8 Å². The smallest absolute Gasteiger partial charge is 0.174 e. The van der Waals surface area contributed by atoms with Gasteiger partial charge < -0.3 is 9.97 Å². The zero-order valence-electron chi connectivity index (χ0n) is 29.5. The van der Waals surface area contributed by atoms with Gasteiger partial charge in [-0.05, 0) is 21.7 Å². The van der Waals surface area contributed by atoms with Gasteiger partial charge in [-0.1, -0.05) is 83.1 Å². The summed E-state index contributed by atoms with van der Waals surface area (Å²) in [6.07, 6.45) is 0. The fourth-order valence-electron chi connectivity index (χ4n) is 6.21. The molecule has 5 rings (SSSR count). The zero-order valence-corrected chi connectivity index (χ0v) is 29.5. The molecule has 2 N–H and O–H groups in total. The van der Waals surface area contributed by atoms with Crippen LogP contribution in [0, 0.1) is 56.2 Å². The average molecular weight is 639 g/mol. The number of fused-ring (bicyclic) bond motifs is 8. The van der Waals surface area contributed by atoms with Crippen molar-refractivity contribution in [2.45, 2.75) is 93.9 Å². The number of nitriles is 4. The van der Waals surface area contributed by atoms with Crippen molar-refractivity contribution in [3.05, 3.63) is 45.6 Å². The van der Waals surface area contributed by atoms with Gasteiger partial charge in [-0.15, -0.1) is 0 Å². The normalized spacial score (nSPS) is 14.0. The number of nitrogens with one attached hydrogen (secondary N) is 2. The zero-order chi connectivity index (χ0) is 35.7. The molecule has 0 aliphatic carbocycles. The van der Waals surface area contributed by atoms with Crippen molar-refractivity contribution in [1.29, 1.82) is 21.0 Å². The van der Waals surface area contributed by atoms with Crippen molar-refractivity contribution in [2.75, 3.05) is 0 Å². The first kappa shape index (κ1) is 33.6. The minimum absolute atomic E-state index is 0.125. The predicted molar refractivity (Wildman–Crippen MR) is 183 cm³/mol. The van der Waals surface area contributed by atoms with Crippen LogP contribution < -0.4 is 0 Å². The summed E-state index contributed by atoms with van der Waals surface area (Å²) in [5.41, 5.74) is 1.96. The van der Waals surface area contributed by atoms with E-state index < -0.39 is 21.7 Å². The summed E-state index contributed by atoms with van der Waals surface area (Å²) in [5, 5.41) is 41.8. The van der Waals surface area contributed by atoms with E-state index in [0.717, 1.165) is 0 Å². The van der Waals surface area contributed by atoms with Crippen molar-refractivity contribution < 1.29 is 0 Å². The van der Waals surface area contributed by atoms with Gasteiger partial charge in [0.15, 0.2) is 34.6 Å². The van der Waals surface area contributed by atoms with Crippen LogP contribution >= 0.6 is 0 Å². The molecule has 0 saturated heterocycles. The molecule has 0 atom stereocenters. The van der Waals surface area contributed by atoms with Crippen molar-refractivity contribution in [3.63, 3.8) is 0 Å². The number of hydrogen-bond donors (Lipinski definition) is 2. The molecule has 0 spiro atoms. The molecule has 2 aliphatic rings. The molecule has 2 aliphatic heterocycles. The molecule has 0 fully saturated rings. The molecule has 8 bridgehead atoms. The lowest BCUT2D eigenvalue weighted by Crippen LogP contribution is -2.13. The third-order valence-electron chi connectivity index (χ3n) is 8.06. The van der Waals surface area contributed by atoms with E-state index in [4.69, 9.17) is 29.9 Å². The second-order valence-corrected chi connectivity index (χ2v) is 16.1. The Morgan fingerprint density at radius 1 is 0.396 bits per heavy atom. The summed E-state index contributed by atoms with van der Waals surface area (Å²) in [6.45, 7) is 23.5. The summed E-state index contributed by atoms with van der Waals surface area (Å²) in [6, 6.07) is 9.15. The third-order valence-corrected chi connectivity index (χ3v) is 8.06. The summed E-state index contributed by atoms with van der Waals surface area (Å²) in [5.74, 6) is 0.755. The molecule has 0 saturated carbocycles. The molecule has 12 nitrogen and oxygen atoms in total. The van der Waals surface area contributed by atoms with Crippen molar-refractivity contribution in [2.24, 2.45) is 10.8 Å². The Morgan fingerprint density at radius 2 is 0.729 bits per heavy atom. The third kappa shape index (κ3) is 5.50. The molecule has 5 heterocycles. The molecule has 0 unspecified atom stereocenters. The van der Waals surface area contributed by atoms with Crippen molar-refractivity contribution in [1.82, 2.24) is 39.9 Å². The predicted octanol–water partition coefficient (Wildman–Crippen LogP) is 7.19. The van der Waals surface area contributed by atoms with Crippen LogP contribution in [0.3, 0.4) is 0 Å². The number of nitrogens with zero attached hydrogens (tertiary/aromatic N) is 10. The largest absolute Gasteiger partial charge is 0.323 e. The SMILES string of the molecule is CC(C)(C)C1=C(C#N)c2nc1nc1nc(nc3[nH]c(nc4[nH]c(n2)c(C(C)(C)C)c4C#N)c(C#N)c3C(C)(C)C)C(C#N)=C1C(C)(C)C. The minimum atomic E-state index is -0.579. The van der Waals surface area contributed by atoms with Crippen molar-refractivity contribution >= 4 is 44.9 Å². The fourth-order valence-corrected chi connectivity index (χ4v) is 6.21. The molecule has 3 aromatic rings. The monoisotopic (exact) mass is 638 g/mol. The van der Waals surface area contributed by atoms with E-state index >= 15 is 0 Å². The van der Waals surface area contributed by atoms with Crippen LogP contribution in [0.25, 0.3) is 44.9 Å². The molecule has 0 aromatic carbocycles. The first-order chi connectivity index (χ1) is 22.1. The lowest BCUT2D eigenvalue weighted by molar-refractivity contribution is 0.561. The van der Waals surface area contributed by atoms with Gasteiger partial charge >= 0.3 is 0 Å². The van der Waals surface area contributed by atoms with Gasteiger partial charge in [-0.3, -0.25) is 0 Å². The molecular weight excluding hydrogens is 600 g/mol. The number of hydrogen-bond acceptors (Lipinski definition) is 10. The fraction of sp³-hybridized carbons (Fsp3) is 0.444. The Kier molecular flexibility index (Phi) is 7.66. The van der Waals surface area contributed by atoms with Gasteiger partial charge in [0.05, 0.1) is 0 Å². The molecule has 48 heavy (non-hydrogen) atoms. The quantitative estimate of drug-likeness (QED) is 0.253. The van der Waals surface area contributed by atoms with Gasteiger partial charge in [-0.25, -0.2) is 29.9 Å². The maximum Gasteiger partial charge on any atom is 0.174 e. The Balaban J connectivity index is 2.18. The van der Waals surface area contributed by atoms with Crippen LogP contribution in [0.1, 0.15) is 129 Å². The van der Waals surface area contributed by atoms with E-state index in [1.54, 1.807) is 0 Å². The first-order valence-corrected chi connectivity index (χ1v) is 15.6. The minimum Gasteiger partial charge on any atom is -0.323 e. The first-order valence-electron chi connectivity index (χ1n) is 15.6. The molecule has 3 aromatic heterocycles. The maximum atomic E-state index is 10.5. The number of allylic oxidation sites excluding steroid dienone is 4. The number of aromatic amines is 2. The van der Waals surface area contributed by atoms with Gasteiger partial charge in [-0.2, -0.15) is 21.0 Å². The van der Waals surface area contributed by atoms with E-state index in [-0.39, 0.29) is 56.9 Å². The van der Waals surface area contributed by atoms with Crippen LogP contribution in [0.15, 0.2) is 0 Å². The molecule has 242 valence electrons. The Bertz CT molecular complexity index is 2150. The van der Waals surface area contributed by atoms with Gasteiger partial charge in [0.25, 0.3) is 0 Å². The van der Waals surface area contributed by atoms with Crippen LogP contribution in [0.2, 0.25) is 0 Å². The van der Waals surface area contributed by atoms with E-state index in [2.05, 4.69) is 34.2 Å². The maximum absolute atomic E-state index is 10.5. The van der Waals surface area contributed by atoms with Crippen LogP contribution in [0.5, 0.6) is 0 Å². The highest BCUT2D eigenvalue weighted by Crippen LogP contribution is 2.44. The Hall–Kier alpha value is -5.72. The standard InChI is InChI=1S/C36H38N12/c1-33(2,3)21-17(13-37)25-41-26-18(14-38)22(34(4,5)6)30(43-26)45-28-20(16-40)24(36(10,11)12)32(47-28)48-31-23(35(7,8)9)19(15-39)27(46-31)44-29(21)42-25/h1-12H3,(H2,41,42,43,44,45,46,47,48). The lowest BCUT2D eigenvalue weighted by Gasteiger charge is -2.21. The number of rotatable bonds is 0. The molecule has 0 radical (unpaired) electrons. The Labute approximate surface area is 280 Å². The summed E-state index contributed by atoms with van der Waals surface area (Å²) >= 11 is 0. The van der Waals surface area contributed by atoms with Crippen LogP contribution in [0.4, 0.5) is 0 Å². The highest BCUT2D eigenvalue weighted by atomic mass is 15.1. The highest BCUT2D eigenvalue weighted by molar-refractivity contribution is 6.00. The second kappa shape index (κ2) is 10.9. The summed E-state index contributed by atoms with van der Waals surface area (Å²) in [7, 11) is 0. The van der Waals surface area contributed by atoms with Gasteiger partial charge in [0.1, 0.15) is 57.8 Å². The lowest BCUT2D eigenvalue weighted by atomic mass is 9.83. The summed E-state index contributed by atoms with van der Waals surface area (Å²) < 4.78 is 0. The average Bonchev–Trinajstić information content (AvgIpc) is 3.67. The van der Waals surface area contributed by atoms with Crippen molar-refractivity contribution in [3.8, 4) is 24.3 Å². The van der Waals surface area contributed by atoms with Gasteiger partial charge in [0, 0.05) is 22.3 Å². The van der Waals surface area contributed by atoms with E-state index in [9.17, 15) is 21.0 Å².